The van der Waals surface area contributed by atoms with E-state index in [0.717, 1.165) is 0 Å². The van der Waals surface area contributed by atoms with Gasteiger partial charge in [0, 0.05) is 0 Å². The molecule has 1 rings (SSSR count). The van der Waals surface area contributed by atoms with Crippen molar-refractivity contribution >= 4 is 33.1 Å². The van der Waals surface area contributed by atoms with E-state index in [1.807, 2.05) is 0 Å². The topological polar surface area (TPSA) is 35.2 Å². The van der Waals surface area contributed by atoms with Crippen LogP contribution in [0.2, 0.25) is 0 Å². The van der Waals surface area contributed by atoms with Crippen molar-refractivity contribution in [1.29, 1.82) is 0 Å². The standard InChI is InChI=1S/C10H9BrF3NOS/c11-7-3-1-2-4-8(7)16-5-6(9(15)17)10(12,13)14/h1-4,6H,5H2,(H2,15,17). The summed E-state index contributed by atoms with van der Waals surface area (Å²) in [5.41, 5.74) is 5.04. The molecule has 2 N–H and O–H groups in total. The van der Waals surface area contributed by atoms with Gasteiger partial charge in [-0.1, -0.05) is 24.4 Å². The molecule has 0 spiro atoms. The van der Waals surface area contributed by atoms with Crippen molar-refractivity contribution in [2.24, 2.45) is 11.7 Å². The Morgan fingerprint density at radius 2 is 2.00 bits per heavy atom. The van der Waals surface area contributed by atoms with E-state index in [9.17, 15) is 13.2 Å². The number of benzene rings is 1. The predicted molar refractivity (Wildman–Crippen MR) is 66.0 cm³/mol. The molecule has 0 saturated carbocycles. The Kier molecular flexibility index (Phi) is 4.76. The monoisotopic (exact) mass is 327 g/mol. The van der Waals surface area contributed by atoms with E-state index >= 15 is 0 Å². The second kappa shape index (κ2) is 5.68. The first-order valence-corrected chi connectivity index (χ1v) is 5.76. The molecule has 2 nitrogen and oxygen atoms in total. The van der Waals surface area contributed by atoms with E-state index in [1.165, 1.54) is 0 Å². The molecule has 1 aromatic carbocycles. The van der Waals surface area contributed by atoms with Gasteiger partial charge in [-0.2, -0.15) is 13.2 Å². The molecule has 0 heterocycles. The summed E-state index contributed by atoms with van der Waals surface area (Å²) in [5, 5.41) is 0. The number of nitrogens with two attached hydrogens (primary N) is 1. The van der Waals surface area contributed by atoms with Gasteiger partial charge < -0.3 is 10.5 Å². The van der Waals surface area contributed by atoms with E-state index < -0.39 is 23.7 Å². The van der Waals surface area contributed by atoms with Crippen LogP contribution in [0.4, 0.5) is 13.2 Å². The van der Waals surface area contributed by atoms with Crippen LogP contribution in [0.1, 0.15) is 0 Å². The van der Waals surface area contributed by atoms with Gasteiger partial charge in [-0.15, -0.1) is 0 Å². The van der Waals surface area contributed by atoms with E-state index in [1.54, 1.807) is 24.3 Å². The largest absolute Gasteiger partial charge is 0.491 e. The van der Waals surface area contributed by atoms with Crippen LogP contribution in [-0.2, 0) is 0 Å². The van der Waals surface area contributed by atoms with Crippen LogP contribution < -0.4 is 10.5 Å². The summed E-state index contributed by atoms with van der Waals surface area (Å²) in [6.07, 6.45) is -4.49. The number of rotatable bonds is 4. The van der Waals surface area contributed by atoms with Gasteiger partial charge in [-0.25, -0.2) is 0 Å². The normalized spacial score (nSPS) is 13.2. The molecule has 7 heteroatoms. The maximum atomic E-state index is 12.5. The third kappa shape index (κ3) is 4.16. The Balaban J connectivity index is 2.72. The maximum Gasteiger partial charge on any atom is 0.401 e. The average Bonchev–Trinajstić information content (AvgIpc) is 2.18. The van der Waals surface area contributed by atoms with E-state index in [0.29, 0.717) is 10.2 Å². The molecule has 0 saturated heterocycles. The third-order valence-electron chi connectivity index (χ3n) is 1.98. The summed E-state index contributed by atoms with van der Waals surface area (Å²) < 4.78 is 43.2. The van der Waals surface area contributed by atoms with Crippen LogP contribution in [0, 0.1) is 5.92 Å². The van der Waals surface area contributed by atoms with Crippen LogP contribution >= 0.6 is 28.1 Å². The zero-order chi connectivity index (χ0) is 13.1. The van der Waals surface area contributed by atoms with Crippen molar-refractivity contribution < 1.29 is 17.9 Å². The summed E-state index contributed by atoms with van der Waals surface area (Å²) in [4.78, 5) is -0.621. The van der Waals surface area contributed by atoms with Crippen molar-refractivity contribution in [2.45, 2.75) is 6.18 Å². The first-order valence-electron chi connectivity index (χ1n) is 4.55. The molecule has 0 aliphatic carbocycles. The Hall–Kier alpha value is -0.820. The second-order valence-corrected chi connectivity index (χ2v) is 4.56. The number of ether oxygens (including phenoxy) is 1. The minimum Gasteiger partial charge on any atom is -0.491 e. The fraction of sp³-hybridized carbons (Fsp3) is 0.300. The van der Waals surface area contributed by atoms with Gasteiger partial charge in [0.25, 0.3) is 0 Å². The molecule has 0 radical (unpaired) electrons. The number of halogens is 4. The number of alkyl halides is 3. The zero-order valence-electron chi connectivity index (χ0n) is 8.50. The second-order valence-electron chi connectivity index (χ2n) is 3.24. The first kappa shape index (κ1) is 14.2. The average molecular weight is 328 g/mol. The number of para-hydroxylation sites is 1. The highest BCUT2D eigenvalue weighted by Gasteiger charge is 2.42. The summed E-state index contributed by atoms with van der Waals surface area (Å²) in [6.45, 7) is -0.624. The van der Waals surface area contributed by atoms with E-state index in [2.05, 4.69) is 28.1 Å². The lowest BCUT2D eigenvalue weighted by molar-refractivity contribution is -0.161. The Morgan fingerprint density at radius 3 is 2.47 bits per heavy atom. The molecule has 0 aliphatic heterocycles. The summed E-state index contributed by atoms with van der Waals surface area (Å²) in [5.74, 6) is -1.62. The third-order valence-corrected chi connectivity index (χ3v) is 2.92. The van der Waals surface area contributed by atoms with Gasteiger partial charge in [-0.3, -0.25) is 0 Å². The fourth-order valence-corrected chi connectivity index (χ4v) is 1.67. The highest BCUT2D eigenvalue weighted by Crippen LogP contribution is 2.29. The van der Waals surface area contributed by atoms with Gasteiger partial charge in [0.15, 0.2) is 0 Å². The Bertz CT molecular complexity index is 411. The van der Waals surface area contributed by atoms with Gasteiger partial charge in [-0.05, 0) is 28.1 Å². The van der Waals surface area contributed by atoms with Crippen molar-refractivity contribution in [2.75, 3.05) is 6.61 Å². The Morgan fingerprint density at radius 1 is 1.41 bits per heavy atom. The van der Waals surface area contributed by atoms with Gasteiger partial charge in [0.1, 0.15) is 18.3 Å². The SMILES string of the molecule is NC(=S)C(COc1ccccc1Br)C(F)(F)F. The maximum absolute atomic E-state index is 12.5. The van der Waals surface area contributed by atoms with Crippen LogP contribution in [0.25, 0.3) is 0 Å². The minimum atomic E-state index is -4.49. The molecule has 94 valence electrons. The lowest BCUT2D eigenvalue weighted by atomic mass is 10.1. The van der Waals surface area contributed by atoms with E-state index in [4.69, 9.17) is 10.5 Å². The predicted octanol–water partition coefficient (Wildman–Crippen LogP) is 3.29. The van der Waals surface area contributed by atoms with Crippen molar-refractivity contribution in [3.63, 3.8) is 0 Å². The molecule has 0 aliphatic rings. The fourth-order valence-electron chi connectivity index (χ4n) is 1.07. The highest BCUT2D eigenvalue weighted by atomic mass is 79.9. The van der Waals surface area contributed by atoms with Crippen molar-refractivity contribution in [3.8, 4) is 5.75 Å². The molecule has 1 unspecified atom stereocenters. The van der Waals surface area contributed by atoms with Crippen molar-refractivity contribution in [1.82, 2.24) is 0 Å². The molecular weight excluding hydrogens is 319 g/mol. The minimum absolute atomic E-state index is 0.318. The molecule has 1 aromatic rings. The van der Waals surface area contributed by atoms with Crippen LogP contribution in [0.3, 0.4) is 0 Å². The van der Waals surface area contributed by atoms with E-state index in [-0.39, 0.29) is 0 Å². The lowest BCUT2D eigenvalue weighted by Crippen LogP contribution is -2.38. The molecule has 0 amide bonds. The summed E-state index contributed by atoms with van der Waals surface area (Å²) >= 11 is 7.54. The molecule has 0 aromatic heterocycles. The molecular formula is C10H9BrF3NOS. The van der Waals surface area contributed by atoms with Gasteiger partial charge in [0.2, 0.25) is 0 Å². The first-order chi connectivity index (χ1) is 7.82. The molecule has 1 atom stereocenters. The highest BCUT2D eigenvalue weighted by molar-refractivity contribution is 9.10. The molecule has 0 bridgehead atoms. The van der Waals surface area contributed by atoms with Gasteiger partial charge >= 0.3 is 6.18 Å². The number of hydrogen-bond donors (Lipinski definition) is 1. The summed E-state index contributed by atoms with van der Waals surface area (Å²) in [6, 6.07) is 6.60. The number of thiocarbonyl (C=S) groups is 1. The van der Waals surface area contributed by atoms with Crippen LogP contribution in [0.15, 0.2) is 28.7 Å². The van der Waals surface area contributed by atoms with Crippen molar-refractivity contribution in [3.05, 3.63) is 28.7 Å². The van der Waals surface area contributed by atoms with Crippen LogP contribution in [-0.4, -0.2) is 17.8 Å². The lowest BCUT2D eigenvalue weighted by Gasteiger charge is -2.19. The smallest absolute Gasteiger partial charge is 0.401 e. The molecule has 0 fully saturated rings. The zero-order valence-corrected chi connectivity index (χ0v) is 10.9. The molecule has 17 heavy (non-hydrogen) atoms. The van der Waals surface area contributed by atoms with Gasteiger partial charge in [0.05, 0.1) is 9.46 Å². The van der Waals surface area contributed by atoms with Crippen LogP contribution in [0.5, 0.6) is 5.75 Å². The quantitative estimate of drug-likeness (QED) is 0.862. The number of hydrogen-bond acceptors (Lipinski definition) is 2. The Labute approximate surface area is 110 Å². The summed E-state index contributed by atoms with van der Waals surface area (Å²) in [7, 11) is 0.